The Morgan fingerprint density at radius 2 is 1.86 bits per heavy atom. The first-order valence-corrected chi connectivity index (χ1v) is 6.47. The molecule has 3 rings (SSSR count). The molecule has 106 valence electrons. The third-order valence-corrected chi connectivity index (χ3v) is 3.46. The zero-order valence-corrected chi connectivity index (χ0v) is 11.6. The maximum atomic E-state index is 13.3. The van der Waals surface area contributed by atoms with Gasteiger partial charge >= 0.3 is 0 Å². The van der Waals surface area contributed by atoms with Crippen molar-refractivity contribution >= 4 is 16.8 Å². The van der Waals surface area contributed by atoms with Gasteiger partial charge in [0.2, 0.25) is 5.78 Å². The number of carbonyl (C=O) groups excluding carboxylic acids is 1. The van der Waals surface area contributed by atoms with Gasteiger partial charge in [0.05, 0.1) is 7.11 Å². The molecule has 1 heterocycles. The number of ether oxygens (including phenoxy) is 1. The predicted molar refractivity (Wildman–Crippen MR) is 77.3 cm³/mol. The lowest BCUT2D eigenvalue weighted by Crippen LogP contribution is -2.01. The molecule has 3 aromatic rings. The van der Waals surface area contributed by atoms with Gasteiger partial charge in [-0.25, -0.2) is 4.39 Å². The molecule has 0 aliphatic carbocycles. The number of hydrogen-bond donors (Lipinski definition) is 0. The highest BCUT2D eigenvalue weighted by atomic mass is 19.1. The quantitative estimate of drug-likeness (QED) is 0.679. The molecule has 0 bridgehead atoms. The highest BCUT2D eigenvalue weighted by Gasteiger charge is 2.19. The van der Waals surface area contributed by atoms with Crippen LogP contribution in [0.15, 0.2) is 46.9 Å². The fraction of sp³-hybridized carbons (Fsp3) is 0.118. The fourth-order valence-electron chi connectivity index (χ4n) is 2.28. The SMILES string of the molecule is COc1ccc(C(=O)c2oc3ccc(F)cc3c2C)cc1. The minimum atomic E-state index is -0.352. The first-order chi connectivity index (χ1) is 10.1. The van der Waals surface area contributed by atoms with Crippen LogP contribution in [0.3, 0.4) is 0 Å². The van der Waals surface area contributed by atoms with E-state index < -0.39 is 0 Å². The minimum Gasteiger partial charge on any atom is -0.497 e. The smallest absolute Gasteiger partial charge is 0.228 e. The van der Waals surface area contributed by atoms with Gasteiger partial charge in [0, 0.05) is 16.5 Å². The van der Waals surface area contributed by atoms with Crippen LogP contribution in [0.2, 0.25) is 0 Å². The lowest BCUT2D eigenvalue weighted by atomic mass is 10.0. The van der Waals surface area contributed by atoms with E-state index in [-0.39, 0.29) is 17.4 Å². The molecule has 0 atom stereocenters. The molecule has 0 aliphatic rings. The van der Waals surface area contributed by atoms with Crippen molar-refractivity contribution in [1.82, 2.24) is 0 Å². The second kappa shape index (κ2) is 5.05. The van der Waals surface area contributed by atoms with Gasteiger partial charge in [-0.2, -0.15) is 0 Å². The lowest BCUT2D eigenvalue weighted by molar-refractivity contribution is 0.101. The number of furan rings is 1. The van der Waals surface area contributed by atoms with E-state index in [0.717, 1.165) is 0 Å². The van der Waals surface area contributed by atoms with Gasteiger partial charge in [0.1, 0.15) is 17.1 Å². The predicted octanol–water partition coefficient (Wildman–Crippen LogP) is 4.12. The third-order valence-electron chi connectivity index (χ3n) is 3.46. The van der Waals surface area contributed by atoms with Gasteiger partial charge in [-0.1, -0.05) is 0 Å². The molecule has 0 amide bonds. The monoisotopic (exact) mass is 284 g/mol. The molecule has 1 aromatic heterocycles. The summed E-state index contributed by atoms with van der Waals surface area (Å²) in [5.41, 5.74) is 1.65. The Hall–Kier alpha value is -2.62. The lowest BCUT2D eigenvalue weighted by Gasteiger charge is -2.01. The number of hydrogen-bond acceptors (Lipinski definition) is 3. The van der Waals surface area contributed by atoms with E-state index >= 15 is 0 Å². The largest absolute Gasteiger partial charge is 0.497 e. The molecular formula is C17H13FO3. The molecule has 0 N–H and O–H groups in total. The molecular weight excluding hydrogens is 271 g/mol. The van der Waals surface area contributed by atoms with E-state index in [9.17, 15) is 9.18 Å². The first kappa shape index (κ1) is 13.4. The summed E-state index contributed by atoms with van der Waals surface area (Å²) in [6, 6.07) is 11.0. The molecule has 4 heteroatoms. The van der Waals surface area contributed by atoms with Gasteiger partial charge in [-0.3, -0.25) is 4.79 Å². The van der Waals surface area contributed by atoms with Crippen molar-refractivity contribution in [1.29, 1.82) is 0 Å². The second-order valence-corrected chi connectivity index (χ2v) is 4.75. The molecule has 0 radical (unpaired) electrons. The maximum absolute atomic E-state index is 13.3. The highest BCUT2D eigenvalue weighted by Crippen LogP contribution is 2.28. The molecule has 0 spiro atoms. The van der Waals surface area contributed by atoms with Crippen molar-refractivity contribution in [3.8, 4) is 5.75 Å². The Morgan fingerprint density at radius 1 is 1.14 bits per heavy atom. The van der Waals surface area contributed by atoms with E-state index in [1.807, 2.05) is 0 Å². The highest BCUT2D eigenvalue weighted by molar-refractivity contribution is 6.10. The molecule has 0 saturated carbocycles. The van der Waals surface area contributed by atoms with Crippen LogP contribution in [-0.2, 0) is 0 Å². The minimum absolute atomic E-state index is 0.230. The summed E-state index contributed by atoms with van der Waals surface area (Å²) in [6.07, 6.45) is 0. The third kappa shape index (κ3) is 2.29. The number of fused-ring (bicyclic) bond motifs is 1. The summed E-state index contributed by atoms with van der Waals surface area (Å²) in [7, 11) is 1.56. The summed E-state index contributed by atoms with van der Waals surface area (Å²) in [6.45, 7) is 1.75. The van der Waals surface area contributed by atoms with E-state index in [1.54, 1.807) is 38.3 Å². The Kier molecular flexibility index (Phi) is 3.22. The van der Waals surface area contributed by atoms with E-state index in [2.05, 4.69) is 0 Å². The molecule has 0 fully saturated rings. The van der Waals surface area contributed by atoms with Gasteiger partial charge in [-0.15, -0.1) is 0 Å². The molecule has 3 nitrogen and oxygen atoms in total. The van der Waals surface area contributed by atoms with E-state index in [0.29, 0.717) is 27.8 Å². The second-order valence-electron chi connectivity index (χ2n) is 4.75. The van der Waals surface area contributed by atoms with Crippen LogP contribution in [0, 0.1) is 12.7 Å². The Morgan fingerprint density at radius 3 is 2.52 bits per heavy atom. The maximum Gasteiger partial charge on any atom is 0.228 e. The van der Waals surface area contributed by atoms with Gasteiger partial charge in [0.15, 0.2) is 5.76 Å². The number of rotatable bonds is 3. The van der Waals surface area contributed by atoms with Crippen molar-refractivity contribution < 1.29 is 18.3 Å². The van der Waals surface area contributed by atoms with Gasteiger partial charge in [0.25, 0.3) is 0 Å². The summed E-state index contributed by atoms with van der Waals surface area (Å²) in [4.78, 5) is 12.5. The van der Waals surface area contributed by atoms with Crippen LogP contribution in [-0.4, -0.2) is 12.9 Å². The standard InChI is InChI=1S/C17H13FO3/c1-10-14-9-12(18)5-8-15(14)21-17(10)16(19)11-3-6-13(20-2)7-4-11/h3-9H,1-2H3. The number of aryl methyl sites for hydroxylation is 1. The summed E-state index contributed by atoms with van der Waals surface area (Å²) >= 11 is 0. The topological polar surface area (TPSA) is 39.4 Å². The molecule has 0 saturated heterocycles. The number of benzene rings is 2. The van der Waals surface area contributed by atoms with Crippen molar-refractivity contribution in [2.75, 3.05) is 7.11 Å². The number of halogens is 1. The van der Waals surface area contributed by atoms with Crippen molar-refractivity contribution in [3.63, 3.8) is 0 Å². The van der Waals surface area contributed by atoms with E-state index in [4.69, 9.17) is 9.15 Å². The Bertz CT molecular complexity index is 816. The number of methoxy groups -OCH3 is 1. The number of carbonyl (C=O) groups is 1. The zero-order valence-electron chi connectivity index (χ0n) is 11.6. The van der Waals surface area contributed by atoms with Crippen LogP contribution in [0.1, 0.15) is 21.7 Å². The van der Waals surface area contributed by atoms with Crippen LogP contribution < -0.4 is 4.74 Å². The van der Waals surface area contributed by atoms with Crippen molar-refractivity contribution in [3.05, 3.63) is 65.2 Å². The van der Waals surface area contributed by atoms with E-state index in [1.165, 1.54) is 18.2 Å². The van der Waals surface area contributed by atoms with Crippen molar-refractivity contribution in [2.24, 2.45) is 0 Å². The number of ketones is 1. The fourth-order valence-corrected chi connectivity index (χ4v) is 2.28. The summed E-state index contributed by atoms with van der Waals surface area (Å²) in [5, 5.41) is 0.617. The molecule has 21 heavy (non-hydrogen) atoms. The van der Waals surface area contributed by atoms with Crippen LogP contribution in [0.25, 0.3) is 11.0 Å². The van der Waals surface area contributed by atoms with Gasteiger partial charge in [-0.05, 0) is 49.4 Å². The summed E-state index contributed by atoms with van der Waals surface area (Å²) < 4.78 is 23.9. The normalized spacial score (nSPS) is 10.8. The molecule has 0 aliphatic heterocycles. The van der Waals surface area contributed by atoms with Crippen LogP contribution in [0.5, 0.6) is 5.75 Å². The van der Waals surface area contributed by atoms with Crippen molar-refractivity contribution in [2.45, 2.75) is 6.92 Å². The molecule has 2 aromatic carbocycles. The Labute approximate surface area is 120 Å². The average Bonchev–Trinajstić information content (AvgIpc) is 2.83. The van der Waals surface area contributed by atoms with Gasteiger partial charge < -0.3 is 9.15 Å². The summed E-state index contributed by atoms with van der Waals surface area (Å²) in [5.74, 6) is 0.331. The van der Waals surface area contributed by atoms with Crippen LogP contribution in [0.4, 0.5) is 4.39 Å². The Balaban J connectivity index is 2.06. The average molecular weight is 284 g/mol. The molecule has 0 unspecified atom stereocenters. The van der Waals surface area contributed by atoms with Crippen LogP contribution >= 0.6 is 0 Å². The zero-order chi connectivity index (χ0) is 15.0. The first-order valence-electron chi connectivity index (χ1n) is 6.47.